The first-order valence-corrected chi connectivity index (χ1v) is 9.86. The van der Waals surface area contributed by atoms with Crippen LogP contribution in [-0.2, 0) is 22.8 Å². The van der Waals surface area contributed by atoms with Crippen LogP contribution in [0.15, 0.2) is 30.6 Å². The molecule has 0 aliphatic carbocycles. The molecule has 6 nitrogen and oxygen atoms in total. The van der Waals surface area contributed by atoms with E-state index in [4.69, 9.17) is 23.2 Å². The molecule has 0 amide bonds. The van der Waals surface area contributed by atoms with Gasteiger partial charge in [-0.15, -0.1) is 12.4 Å². The lowest BCUT2D eigenvalue weighted by molar-refractivity contribution is 0.258. The first-order chi connectivity index (χ1) is 11.4. The predicted octanol–water partition coefficient (Wildman–Crippen LogP) is 2.63. The lowest BCUT2D eigenvalue weighted by atomic mass is 10.2. The van der Waals surface area contributed by atoms with E-state index in [2.05, 4.69) is 10.3 Å². The van der Waals surface area contributed by atoms with Crippen LogP contribution in [0.1, 0.15) is 17.4 Å². The van der Waals surface area contributed by atoms with Gasteiger partial charge in [0.1, 0.15) is 5.82 Å². The first kappa shape index (κ1) is 20.5. The fraction of sp³-hybridized carbons (Fsp3) is 0.400. The first-order valence-electron chi connectivity index (χ1n) is 7.50. The normalized spacial score (nSPS) is 18.8. The Morgan fingerprint density at radius 3 is 2.72 bits per heavy atom. The van der Waals surface area contributed by atoms with Crippen molar-refractivity contribution in [1.29, 1.82) is 0 Å². The summed E-state index contributed by atoms with van der Waals surface area (Å²) in [6.45, 7) is 1.55. The summed E-state index contributed by atoms with van der Waals surface area (Å²) in [6.07, 6.45) is 3.49. The van der Waals surface area contributed by atoms with Gasteiger partial charge in [0, 0.05) is 39.1 Å². The highest BCUT2D eigenvalue weighted by atomic mass is 35.5. The molecule has 1 fully saturated rings. The molecule has 2 aromatic rings. The Labute approximate surface area is 163 Å². The van der Waals surface area contributed by atoms with Crippen molar-refractivity contribution in [3.05, 3.63) is 52.0 Å². The van der Waals surface area contributed by atoms with Crippen molar-refractivity contribution in [2.75, 3.05) is 19.6 Å². The lowest BCUT2D eigenvalue weighted by Gasteiger charge is -2.34. The second-order valence-electron chi connectivity index (χ2n) is 5.73. The minimum absolute atomic E-state index is 0. The van der Waals surface area contributed by atoms with Crippen LogP contribution in [0.2, 0.25) is 10.0 Å². The van der Waals surface area contributed by atoms with Gasteiger partial charge in [-0.25, -0.2) is 13.4 Å². The van der Waals surface area contributed by atoms with Crippen LogP contribution in [0.4, 0.5) is 0 Å². The number of nitrogens with zero attached hydrogens (tertiary/aromatic N) is 3. The van der Waals surface area contributed by atoms with E-state index in [1.807, 2.05) is 17.8 Å². The Morgan fingerprint density at radius 1 is 1.32 bits per heavy atom. The summed E-state index contributed by atoms with van der Waals surface area (Å²) >= 11 is 11.9. The molecule has 3 rings (SSSR count). The van der Waals surface area contributed by atoms with Crippen molar-refractivity contribution in [3.8, 4) is 0 Å². The fourth-order valence-corrected chi connectivity index (χ4v) is 4.87. The van der Waals surface area contributed by atoms with E-state index in [1.54, 1.807) is 24.4 Å². The maximum atomic E-state index is 13.0. The van der Waals surface area contributed by atoms with E-state index in [1.165, 1.54) is 4.31 Å². The average molecular weight is 426 g/mol. The third-order valence-electron chi connectivity index (χ3n) is 4.04. The lowest BCUT2D eigenvalue weighted by Crippen LogP contribution is -2.49. The molecule has 0 radical (unpaired) electrons. The molecule has 1 aromatic carbocycles. The Kier molecular flexibility index (Phi) is 6.75. The molecule has 1 unspecified atom stereocenters. The number of imidazole rings is 1. The van der Waals surface area contributed by atoms with E-state index in [-0.39, 0.29) is 24.2 Å². The van der Waals surface area contributed by atoms with Gasteiger partial charge in [0.25, 0.3) is 0 Å². The van der Waals surface area contributed by atoms with Crippen LogP contribution in [0.5, 0.6) is 0 Å². The van der Waals surface area contributed by atoms with Crippen molar-refractivity contribution in [3.63, 3.8) is 0 Å². The zero-order chi connectivity index (χ0) is 17.3. The van der Waals surface area contributed by atoms with Crippen LogP contribution >= 0.6 is 35.6 Å². The second kappa shape index (κ2) is 8.24. The zero-order valence-corrected chi connectivity index (χ0v) is 16.7. The van der Waals surface area contributed by atoms with Gasteiger partial charge in [-0.1, -0.05) is 29.3 Å². The minimum atomic E-state index is -3.52. The van der Waals surface area contributed by atoms with Crippen LogP contribution < -0.4 is 5.32 Å². The van der Waals surface area contributed by atoms with E-state index in [9.17, 15) is 8.42 Å². The topological polar surface area (TPSA) is 67.2 Å². The third-order valence-corrected chi connectivity index (χ3v) is 6.63. The minimum Gasteiger partial charge on any atom is -0.337 e. The summed E-state index contributed by atoms with van der Waals surface area (Å²) in [4.78, 5) is 4.31. The highest BCUT2D eigenvalue weighted by Crippen LogP contribution is 2.28. The number of sulfonamides is 1. The largest absolute Gasteiger partial charge is 0.337 e. The molecule has 1 aromatic heterocycles. The molecule has 25 heavy (non-hydrogen) atoms. The molecular formula is C15H19Cl3N4O2S. The Morgan fingerprint density at radius 2 is 2.08 bits per heavy atom. The van der Waals surface area contributed by atoms with Crippen molar-refractivity contribution in [2.45, 2.75) is 11.8 Å². The summed E-state index contributed by atoms with van der Waals surface area (Å²) < 4.78 is 29.3. The van der Waals surface area contributed by atoms with Crippen molar-refractivity contribution in [1.82, 2.24) is 19.2 Å². The van der Waals surface area contributed by atoms with E-state index >= 15 is 0 Å². The van der Waals surface area contributed by atoms with Gasteiger partial charge in [0.05, 0.1) is 21.8 Å². The number of aryl methyl sites for hydroxylation is 1. The SMILES string of the molecule is Cl.Cn1ccnc1C1CNCCN1S(=O)(=O)Cc1ccc(Cl)c(Cl)c1. The third kappa shape index (κ3) is 4.48. The van der Waals surface area contributed by atoms with Crippen molar-refractivity contribution >= 4 is 45.6 Å². The average Bonchev–Trinajstić information content (AvgIpc) is 2.97. The second-order valence-corrected chi connectivity index (χ2v) is 8.47. The number of nitrogens with one attached hydrogen (secondary N) is 1. The fourth-order valence-electron chi connectivity index (χ4n) is 2.86. The van der Waals surface area contributed by atoms with Crippen molar-refractivity contribution in [2.24, 2.45) is 7.05 Å². The van der Waals surface area contributed by atoms with Crippen LogP contribution in [0.25, 0.3) is 0 Å². The van der Waals surface area contributed by atoms with E-state index in [0.717, 1.165) is 5.82 Å². The van der Waals surface area contributed by atoms with Gasteiger partial charge in [0.15, 0.2) is 0 Å². The van der Waals surface area contributed by atoms with Gasteiger partial charge in [-0.2, -0.15) is 4.31 Å². The number of piperazine rings is 1. The number of aromatic nitrogens is 2. The van der Waals surface area contributed by atoms with Crippen LogP contribution in [-0.4, -0.2) is 41.9 Å². The van der Waals surface area contributed by atoms with Gasteiger partial charge < -0.3 is 9.88 Å². The summed E-state index contributed by atoms with van der Waals surface area (Å²) in [5, 5.41) is 4.00. The molecular weight excluding hydrogens is 407 g/mol. The number of benzene rings is 1. The maximum Gasteiger partial charge on any atom is 0.219 e. The predicted molar refractivity (Wildman–Crippen MR) is 102 cm³/mol. The number of hydrogen-bond donors (Lipinski definition) is 1. The molecule has 0 bridgehead atoms. The Bertz CT molecular complexity index is 841. The molecule has 0 saturated carbocycles. The van der Waals surface area contributed by atoms with Gasteiger partial charge in [0.2, 0.25) is 10.0 Å². The zero-order valence-electron chi connectivity index (χ0n) is 13.5. The van der Waals surface area contributed by atoms with Gasteiger partial charge >= 0.3 is 0 Å². The maximum absolute atomic E-state index is 13.0. The summed E-state index contributed by atoms with van der Waals surface area (Å²) in [5.74, 6) is 0.602. The molecule has 1 aliphatic rings. The smallest absolute Gasteiger partial charge is 0.219 e. The summed E-state index contributed by atoms with van der Waals surface area (Å²) in [7, 11) is -1.66. The molecule has 0 spiro atoms. The standard InChI is InChI=1S/C15H18Cl2N4O2S.ClH/c1-20-6-5-19-15(20)14-9-18-4-7-21(14)24(22,23)10-11-2-3-12(16)13(17)8-11;/h2-3,5-6,8,14,18H,4,7,9-10H2,1H3;1H. The van der Waals surface area contributed by atoms with Gasteiger partial charge in [-0.3, -0.25) is 0 Å². The summed E-state index contributed by atoms with van der Waals surface area (Å²) in [5.41, 5.74) is 0.613. The number of rotatable bonds is 4. The number of hydrogen-bond acceptors (Lipinski definition) is 4. The molecule has 2 heterocycles. The molecule has 1 N–H and O–H groups in total. The van der Waals surface area contributed by atoms with Crippen LogP contribution in [0.3, 0.4) is 0 Å². The molecule has 138 valence electrons. The molecule has 1 aliphatic heterocycles. The van der Waals surface area contributed by atoms with Gasteiger partial charge in [-0.05, 0) is 17.7 Å². The highest BCUT2D eigenvalue weighted by Gasteiger charge is 2.35. The van der Waals surface area contributed by atoms with Crippen LogP contribution in [0, 0.1) is 0 Å². The van der Waals surface area contributed by atoms with E-state index < -0.39 is 10.0 Å². The molecule has 10 heteroatoms. The Balaban J connectivity index is 0.00000225. The number of halogens is 3. The quantitative estimate of drug-likeness (QED) is 0.818. The molecule has 1 saturated heterocycles. The van der Waals surface area contributed by atoms with Crippen molar-refractivity contribution < 1.29 is 8.42 Å². The van der Waals surface area contributed by atoms with E-state index in [0.29, 0.717) is 35.2 Å². The molecule has 1 atom stereocenters. The Hall–Kier alpha value is -0.830. The highest BCUT2D eigenvalue weighted by molar-refractivity contribution is 7.88. The summed E-state index contributed by atoms with van der Waals surface area (Å²) in [6, 6.07) is 4.57. The monoisotopic (exact) mass is 424 g/mol.